The topological polar surface area (TPSA) is 173 Å². The van der Waals surface area contributed by atoms with Crippen LogP contribution in [0.4, 0.5) is 0 Å². The molecule has 2 saturated heterocycles. The summed E-state index contributed by atoms with van der Waals surface area (Å²) in [5.41, 5.74) is 0. The molecule has 2 fully saturated rings. The van der Waals surface area contributed by atoms with Crippen molar-refractivity contribution in [1.29, 1.82) is 0 Å². The van der Waals surface area contributed by atoms with Crippen LogP contribution in [0.3, 0.4) is 0 Å². The van der Waals surface area contributed by atoms with Crippen molar-refractivity contribution >= 4 is 19.6 Å². The zero-order chi connectivity index (χ0) is 25.8. The van der Waals surface area contributed by atoms with Crippen LogP contribution in [0, 0.1) is 0 Å². The maximum Gasteiger partial charge on any atom is 0.462 e. The highest BCUT2D eigenvalue weighted by Crippen LogP contribution is 2.55. The number of aliphatic hydroxyl groups is 3. The monoisotopic (exact) mass is 518 g/mol. The molecule has 3 rings (SSSR count). The number of methoxy groups -OCH3 is 2. The average molecular weight is 518 g/mol. The van der Waals surface area contributed by atoms with E-state index in [0.717, 1.165) is 0 Å². The van der Waals surface area contributed by atoms with Gasteiger partial charge in [0.15, 0.2) is 6.29 Å². The van der Waals surface area contributed by atoms with Gasteiger partial charge in [-0.05, 0) is 37.1 Å². The van der Waals surface area contributed by atoms with E-state index in [1.807, 2.05) is 0 Å². The Balaban J connectivity index is 1.81. The Morgan fingerprint density at radius 2 is 1.80 bits per heavy atom. The SMILES string of the molecule is COC(=O)[C@@H]1CCCN1P(=O)(OCC1O[C@H](O)C(NC(C)=O)C(O)[C@@H]1O)Oc1ccc(OC)cc1. The summed E-state index contributed by atoms with van der Waals surface area (Å²) < 4.78 is 41.9. The van der Waals surface area contributed by atoms with E-state index in [1.54, 1.807) is 12.1 Å². The van der Waals surface area contributed by atoms with Crippen LogP contribution in [0.5, 0.6) is 11.5 Å². The number of ether oxygens (including phenoxy) is 3. The summed E-state index contributed by atoms with van der Waals surface area (Å²) in [5, 5.41) is 33.3. The molecule has 2 aliphatic heterocycles. The van der Waals surface area contributed by atoms with Crippen molar-refractivity contribution in [3.05, 3.63) is 24.3 Å². The number of amides is 1. The van der Waals surface area contributed by atoms with Crippen molar-refractivity contribution in [3.8, 4) is 11.5 Å². The molecule has 0 bridgehead atoms. The van der Waals surface area contributed by atoms with E-state index in [2.05, 4.69) is 5.32 Å². The van der Waals surface area contributed by atoms with Gasteiger partial charge in [-0.25, -0.2) is 4.57 Å². The highest BCUT2D eigenvalue weighted by molar-refractivity contribution is 7.51. The highest BCUT2D eigenvalue weighted by atomic mass is 31.2. The minimum atomic E-state index is -4.24. The molecule has 0 saturated carbocycles. The lowest BCUT2D eigenvalue weighted by Gasteiger charge is -2.41. The number of nitrogens with one attached hydrogen (secondary N) is 1. The first-order valence-corrected chi connectivity index (χ1v) is 12.5. The van der Waals surface area contributed by atoms with Crippen LogP contribution in [-0.4, -0.2) is 95.9 Å². The van der Waals surface area contributed by atoms with E-state index in [9.17, 15) is 29.5 Å². The van der Waals surface area contributed by atoms with E-state index < -0.39 is 62.9 Å². The molecule has 2 heterocycles. The molecular weight excluding hydrogens is 487 g/mol. The Morgan fingerprint density at radius 3 is 2.40 bits per heavy atom. The quantitative estimate of drug-likeness (QED) is 0.250. The van der Waals surface area contributed by atoms with E-state index in [0.29, 0.717) is 18.6 Å². The molecule has 1 amide bonds. The van der Waals surface area contributed by atoms with Crippen molar-refractivity contribution in [2.24, 2.45) is 0 Å². The molecule has 196 valence electrons. The molecule has 1 aromatic carbocycles. The predicted molar refractivity (Wildman–Crippen MR) is 119 cm³/mol. The number of hydrogen-bond donors (Lipinski definition) is 4. The van der Waals surface area contributed by atoms with Gasteiger partial charge in [0.1, 0.15) is 41.9 Å². The molecule has 2 aliphatic rings. The summed E-state index contributed by atoms with van der Waals surface area (Å²) in [5.74, 6) is -0.445. The molecule has 13 nitrogen and oxygen atoms in total. The minimum absolute atomic E-state index is 0.167. The van der Waals surface area contributed by atoms with E-state index >= 15 is 0 Å². The Bertz CT molecular complexity index is 930. The van der Waals surface area contributed by atoms with Crippen LogP contribution >= 0.6 is 7.75 Å². The van der Waals surface area contributed by atoms with Gasteiger partial charge < -0.3 is 39.4 Å². The van der Waals surface area contributed by atoms with E-state index in [-0.39, 0.29) is 12.3 Å². The molecule has 1 aromatic rings. The largest absolute Gasteiger partial charge is 0.497 e. The van der Waals surface area contributed by atoms with Crippen LogP contribution in [0.25, 0.3) is 0 Å². The van der Waals surface area contributed by atoms with Crippen LogP contribution in [0.1, 0.15) is 19.8 Å². The maximum absolute atomic E-state index is 14.0. The second-order valence-electron chi connectivity index (χ2n) is 8.15. The van der Waals surface area contributed by atoms with Crippen LogP contribution in [-0.2, 0) is 28.2 Å². The predicted octanol–water partition coefficient (Wildman–Crippen LogP) is -0.220. The normalized spacial score (nSPS) is 30.8. The first kappa shape index (κ1) is 27.3. The van der Waals surface area contributed by atoms with Crippen molar-refractivity contribution < 1.29 is 52.7 Å². The summed E-state index contributed by atoms with van der Waals surface area (Å²) in [6, 6.07) is 4.03. The zero-order valence-corrected chi connectivity index (χ0v) is 20.5. The van der Waals surface area contributed by atoms with Gasteiger partial charge in [-0.15, -0.1) is 0 Å². The smallest absolute Gasteiger partial charge is 0.462 e. The van der Waals surface area contributed by atoms with Gasteiger partial charge in [0.05, 0.1) is 20.8 Å². The number of carbonyl (C=O) groups is 2. The van der Waals surface area contributed by atoms with Gasteiger partial charge in [0, 0.05) is 13.5 Å². The third-order valence-corrected chi connectivity index (χ3v) is 7.81. The van der Waals surface area contributed by atoms with Crippen LogP contribution in [0.2, 0.25) is 0 Å². The van der Waals surface area contributed by atoms with Crippen molar-refractivity contribution in [2.45, 2.75) is 56.5 Å². The number of nitrogens with zero attached hydrogens (tertiary/aromatic N) is 1. The maximum atomic E-state index is 14.0. The summed E-state index contributed by atoms with van der Waals surface area (Å²) >= 11 is 0. The van der Waals surface area contributed by atoms with Gasteiger partial charge in [-0.2, -0.15) is 4.67 Å². The summed E-state index contributed by atoms with van der Waals surface area (Å²) in [6.45, 7) is 0.818. The fraction of sp³-hybridized carbons (Fsp3) is 0.619. The van der Waals surface area contributed by atoms with Crippen LogP contribution in [0.15, 0.2) is 24.3 Å². The summed E-state index contributed by atoms with van der Waals surface area (Å²) in [7, 11) is -1.53. The van der Waals surface area contributed by atoms with E-state index in [4.69, 9.17) is 23.3 Å². The molecule has 0 spiro atoms. The number of esters is 1. The second kappa shape index (κ2) is 11.7. The first-order chi connectivity index (χ1) is 16.6. The molecule has 4 unspecified atom stereocenters. The fourth-order valence-electron chi connectivity index (χ4n) is 3.99. The lowest BCUT2D eigenvalue weighted by Crippen LogP contribution is -2.64. The molecule has 0 aliphatic carbocycles. The van der Waals surface area contributed by atoms with Crippen molar-refractivity contribution in [1.82, 2.24) is 9.99 Å². The average Bonchev–Trinajstić information content (AvgIpc) is 3.34. The lowest BCUT2D eigenvalue weighted by atomic mass is 9.97. The van der Waals surface area contributed by atoms with Crippen LogP contribution < -0.4 is 14.6 Å². The molecule has 0 radical (unpaired) electrons. The molecule has 14 heteroatoms. The van der Waals surface area contributed by atoms with E-state index in [1.165, 1.54) is 37.9 Å². The number of benzene rings is 1. The standard InChI is InChI=1S/C21H31N2O11P/c1-12(24)22-17-19(26)18(25)16(33-21(17)28)11-32-35(29,23-10-4-5-15(23)20(27)31-3)34-14-8-6-13(30-2)7-9-14/h6-9,15-19,21,25-26,28H,4-5,10-11H2,1-3H3,(H,22,24)/t15-,16?,17?,18+,19?,21-,35?/m0/s1. The number of hydrogen-bond acceptors (Lipinski definition) is 11. The Morgan fingerprint density at radius 1 is 1.14 bits per heavy atom. The van der Waals surface area contributed by atoms with Gasteiger partial charge >= 0.3 is 13.7 Å². The summed E-state index contributed by atoms with van der Waals surface area (Å²) in [6.07, 6.45) is -5.28. The number of aliphatic hydroxyl groups excluding tert-OH is 3. The molecular formula is C21H31N2O11P. The Kier molecular flexibility index (Phi) is 9.11. The zero-order valence-electron chi connectivity index (χ0n) is 19.6. The van der Waals surface area contributed by atoms with Gasteiger partial charge in [0.2, 0.25) is 5.91 Å². The third-order valence-electron chi connectivity index (χ3n) is 5.78. The minimum Gasteiger partial charge on any atom is -0.497 e. The van der Waals surface area contributed by atoms with Gasteiger partial charge in [-0.1, -0.05) is 0 Å². The van der Waals surface area contributed by atoms with Crippen molar-refractivity contribution in [3.63, 3.8) is 0 Å². The van der Waals surface area contributed by atoms with Gasteiger partial charge in [0.25, 0.3) is 0 Å². The molecule has 4 N–H and O–H groups in total. The molecule has 7 atom stereocenters. The fourth-order valence-corrected chi connectivity index (χ4v) is 5.95. The number of rotatable bonds is 9. The first-order valence-electron chi connectivity index (χ1n) is 11.0. The third kappa shape index (κ3) is 6.31. The molecule has 0 aromatic heterocycles. The Hall–Kier alpha value is -2.25. The second-order valence-corrected chi connectivity index (χ2v) is 10.0. The Labute approximate surface area is 202 Å². The van der Waals surface area contributed by atoms with Crippen molar-refractivity contribution in [2.75, 3.05) is 27.4 Å². The lowest BCUT2D eigenvalue weighted by molar-refractivity contribution is -0.252. The summed E-state index contributed by atoms with van der Waals surface area (Å²) in [4.78, 5) is 23.6. The van der Waals surface area contributed by atoms with Gasteiger partial charge in [-0.3, -0.25) is 14.1 Å². The number of carbonyl (C=O) groups excluding carboxylic acids is 2. The highest BCUT2D eigenvalue weighted by Gasteiger charge is 2.49. The molecule has 35 heavy (non-hydrogen) atoms.